The van der Waals surface area contributed by atoms with Crippen molar-refractivity contribution in [2.75, 3.05) is 0 Å². The molecular weight excluding hydrogens is 747 g/mol. The lowest BCUT2D eigenvalue weighted by atomic mass is 10.0. The van der Waals surface area contributed by atoms with E-state index in [1.54, 1.807) is 0 Å². The first-order valence-electron chi connectivity index (χ1n) is 20.5. The van der Waals surface area contributed by atoms with Crippen LogP contribution < -0.4 is 0 Å². The summed E-state index contributed by atoms with van der Waals surface area (Å²) >= 11 is 1.87. The Morgan fingerprint density at radius 2 is 0.767 bits per heavy atom. The number of thiophene rings is 1. The van der Waals surface area contributed by atoms with Gasteiger partial charge >= 0.3 is 0 Å². The van der Waals surface area contributed by atoms with Crippen LogP contribution >= 0.6 is 11.3 Å². The minimum Gasteiger partial charge on any atom is -0.309 e. The SMILES string of the molecule is c1ccc(-n2c3ccccc3c3cc(-c4ccc5c(c4)c4ccccc4n5-c4ccc(-c5cccc6c7c8ccccc8sc7n(-c7ccccc7)c56)cc4)ccc32)cc1. The van der Waals surface area contributed by atoms with Gasteiger partial charge in [-0.2, -0.15) is 0 Å². The number of rotatable bonds is 5. The van der Waals surface area contributed by atoms with Gasteiger partial charge in [0.15, 0.2) is 0 Å². The van der Waals surface area contributed by atoms with Gasteiger partial charge in [0.2, 0.25) is 0 Å². The fraction of sp³-hybridized carbons (Fsp3) is 0. The first kappa shape index (κ1) is 33.3. The van der Waals surface area contributed by atoms with Gasteiger partial charge in [0.25, 0.3) is 0 Å². The second kappa shape index (κ2) is 12.9. The maximum absolute atomic E-state index is 2.47. The Hall–Kier alpha value is -7.66. The molecule has 0 saturated heterocycles. The van der Waals surface area contributed by atoms with Crippen LogP contribution in [0, 0.1) is 0 Å². The lowest BCUT2D eigenvalue weighted by molar-refractivity contribution is 1.18. The average molecular weight is 782 g/mol. The van der Waals surface area contributed by atoms with Gasteiger partial charge in [-0.05, 0) is 95.6 Å². The summed E-state index contributed by atoms with van der Waals surface area (Å²) in [5.74, 6) is 0. The summed E-state index contributed by atoms with van der Waals surface area (Å²) in [7, 11) is 0. The maximum Gasteiger partial charge on any atom is 0.109 e. The van der Waals surface area contributed by atoms with Crippen molar-refractivity contribution in [3.8, 4) is 39.3 Å². The van der Waals surface area contributed by atoms with Crippen LogP contribution in [0.25, 0.3) is 114 Å². The summed E-state index contributed by atoms with van der Waals surface area (Å²) in [6, 6.07) is 77.7. The van der Waals surface area contributed by atoms with Crippen molar-refractivity contribution in [3.63, 3.8) is 0 Å². The molecule has 0 aliphatic heterocycles. The second-order valence-corrected chi connectivity index (χ2v) is 16.7. The Morgan fingerprint density at radius 1 is 0.300 bits per heavy atom. The van der Waals surface area contributed by atoms with Gasteiger partial charge < -0.3 is 13.7 Å². The molecule has 0 bridgehead atoms. The molecule has 0 unspecified atom stereocenters. The molecule has 0 amide bonds. The molecule has 13 aromatic rings. The average Bonchev–Trinajstić information content (AvgIpc) is 4.05. The summed E-state index contributed by atoms with van der Waals surface area (Å²) in [6.07, 6.45) is 0. The van der Waals surface area contributed by atoms with E-state index >= 15 is 0 Å². The maximum atomic E-state index is 2.47. The predicted octanol–water partition coefficient (Wildman–Crippen LogP) is 15.5. The number of aromatic nitrogens is 3. The minimum atomic E-state index is 1.14. The zero-order valence-corrected chi connectivity index (χ0v) is 33.3. The molecular formula is C56H35N3S. The molecule has 3 nitrogen and oxygen atoms in total. The van der Waals surface area contributed by atoms with Crippen LogP contribution in [0.2, 0.25) is 0 Å². The fourth-order valence-corrected chi connectivity index (χ4v) is 11.1. The molecule has 0 atom stereocenters. The topological polar surface area (TPSA) is 14.8 Å². The van der Waals surface area contributed by atoms with Crippen molar-refractivity contribution in [2.45, 2.75) is 0 Å². The van der Waals surface area contributed by atoms with Crippen LogP contribution in [0.4, 0.5) is 0 Å². The van der Waals surface area contributed by atoms with Gasteiger partial charge in [0.05, 0.1) is 27.6 Å². The van der Waals surface area contributed by atoms with Crippen LogP contribution in [0.15, 0.2) is 212 Å². The van der Waals surface area contributed by atoms with E-state index in [-0.39, 0.29) is 0 Å². The summed E-state index contributed by atoms with van der Waals surface area (Å²) in [5.41, 5.74) is 14.4. The molecule has 4 heteroatoms. The van der Waals surface area contributed by atoms with Crippen molar-refractivity contribution < 1.29 is 0 Å². The van der Waals surface area contributed by atoms with E-state index in [0.717, 1.165) is 5.69 Å². The number of para-hydroxylation sites is 5. The van der Waals surface area contributed by atoms with E-state index in [0.29, 0.717) is 0 Å². The number of fused-ring (bicyclic) bond motifs is 11. The number of hydrogen-bond donors (Lipinski definition) is 0. The molecule has 0 aliphatic rings. The summed E-state index contributed by atoms with van der Waals surface area (Å²) in [5, 5.41) is 8.94. The Balaban J connectivity index is 0.944. The van der Waals surface area contributed by atoms with Crippen molar-refractivity contribution in [1.29, 1.82) is 0 Å². The third kappa shape index (κ3) is 4.83. The number of nitrogens with zero attached hydrogens (tertiary/aromatic N) is 3. The van der Waals surface area contributed by atoms with Crippen LogP contribution in [0.1, 0.15) is 0 Å². The molecule has 0 aliphatic carbocycles. The van der Waals surface area contributed by atoms with Gasteiger partial charge in [-0.1, -0.05) is 133 Å². The van der Waals surface area contributed by atoms with E-state index in [2.05, 4.69) is 226 Å². The molecule has 4 heterocycles. The molecule has 0 radical (unpaired) electrons. The molecule has 0 N–H and O–H groups in total. The minimum absolute atomic E-state index is 1.14. The molecule has 60 heavy (non-hydrogen) atoms. The zero-order valence-electron chi connectivity index (χ0n) is 32.5. The third-order valence-corrected chi connectivity index (χ3v) is 13.6. The highest BCUT2D eigenvalue weighted by atomic mass is 32.1. The molecule has 280 valence electrons. The standard InChI is InChI=1S/C56H35N3S/c1-3-14-39(15-4-1)57-49-23-10-7-18-43(49)47-34-37(28-32-51(47)57)38-29-33-52-48(35-38)44-19-8-11-24-50(44)58(52)41-30-26-36(27-31-41)42-21-13-22-46-54-45-20-9-12-25-53(45)60-56(54)59(55(42)46)40-16-5-2-6-17-40/h1-35H. The normalized spacial score (nSPS) is 12.0. The predicted molar refractivity (Wildman–Crippen MR) is 256 cm³/mol. The van der Waals surface area contributed by atoms with Crippen molar-refractivity contribution in [2.24, 2.45) is 0 Å². The fourth-order valence-electron chi connectivity index (χ4n) is 9.82. The first-order chi connectivity index (χ1) is 29.8. The Labute approximate surface area is 349 Å². The second-order valence-electron chi connectivity index (χ2n) is 15.7. The summed E-state index contributed by atoms with van der Waals surface area (Å²) < 4.78 is 8.59. The molecule has 9 aromatic carbocycles. The largest absolute Gasteiger partial charge is 0.309 e. The molecule has 13 rings (SSSR count). The summed E-state index contributed by atoms with van der Waals surface area (Å²) in [4.78, 5) is 1.28. The van der Waals surface area contributed by atoms with Gasteiger partial charge in [-0.15, -0.1) is 11.3 Å². The highest BCUT2D eigenvalue weighted by molar-refractivity contribution is 7.25. The van der Waals surface area contributed by atoms with Crippen LogP contribution in [-0.4, -0.2) is 13.7 Å². The van der Waals surface area contributed by atoms with E-state index in [1.165, 1.54) is 108 Å². The third-order valence-electron chi connectivity index (χ3n) is 12.5. The lowest BCUT2D eigenvalue weighted by Gasteiger charge is -2.13. The molecule has 0 saturated carbocycles. The zero-order chi connectivity index (χ0) is 39.3. The first-order valence-corrected chi connectivity index (χ1v) is 21.3. The Bertz CT molecular complexity index is 3810. The molecule has 4 aromatic heterocycles. The van der Waals surface area contributed by atoms with E-state index in [9.17, 15) is 0 Å². The summed E-state index contributed by atoms with van der Waals surface area (Å²) in [6.45, 7) is 0. The van der Waals surface area contributed by atoms with Gasteiger partial charge in [-0.25, -0.2) is 0 Å². The van der Waals surface area contributed by atoms with Crippen molar-refractivity contribution >= 4 is 86.2 Å². The van der Waals surface area contributed by atoms with Gasteiger partial charge in [-0.3, -0.25) is 0 Å². The van der Waals surface area contributed by atoms with Crippen LogP contribution in [-0.2, 0) is 0 Å². The van der Waals surface area contributed by atoms with Gasteiger partial charge in [0.1, 0.15) is 4.83 Å². The smallest absolute Gasteiger partial charge is 0.109 e. The van der Waals surface area contributed by atoms with Crippen LogP contribution in [0.3, 0.4) is 0 Å². The number of hydrogen-bond acceptors (Lipinski definition) is 1. The quantitative estimate of drug-likeness (QED) is 0.165. The highest BCUT2D eigenvalue weighted by Gasteiger charge is 2.21. The molecule has 0 spiro atoms. The van der Waals surface area contributed by atoms with Crippen molar-refractivity contribution in [3.05, 3.63) is 212 Å². The highest BCUT2D eigenvalue weighted by Crippen LogP contribution is 2.45. The van der Waals surface area contributed by atoms with Crippen LogP contribution in [0.5, 0.6) is 0 Å². The van der Waals surface area contributed by atoms with Gasteiger partial charge in [0, 0.05) is 65.0 Å². The van der Waals surface area contributed by atoms with E-state index in [4.69, 9.17) is 0 Å². The lowest BCUT2D eigenvalue weighted by Crippen LogP contribution is -1.95. The van der Waals surface area contributed by atoms with E-state index < -0.39 is 0 Å². The monoisotopic (exact) mass is 781 g/mol. The number of benzene rings is 9. The Kier molecular flexibility index (Phi) is 7.18. The Morgan fingerprint density at radius 3 is 1.38 bits per heavy atom. The van der Waals surface area contributed by atoms with Crippen molar-refractivity contribution in [1.82, 2.24) is 13.7 Å². The van der Waals surface area contributed by atoms with E-state index in [1.807, 2.05) is 11.3 Å². The molecule has 0 fully saturated rings.